The largest absolute Gasteiger partial charge is 0.393 e. The lowest BCUT2D eigenvalue weighted by Crippen LogP contribution is -2.45. The quantitative estimate of drug-likeness (QED) is 0.651. The van der Waals surface area contributed by atoms with Crippen molar-refractivity contribution in [3.05, 3.63) is 48.9 Å². The zero-order chi connectivity index (χ0) is 22.5. The van der Waals surface area contributed by atoms with Crippen LogP contribution in [0.25, 0.3) is 0 Å². The summed E-state index contributed by atoms with van der Waals surface area (Å²) in [6.07, 6.45) is 6.15. The fourth-order valence-electron chi connectivity index (χ4n) is 3.71. The Morgan fingerprint density at radius 1 is 1.50 bits per heavy atom. The highest BCUT2D eigenvalue weighted by Crippen LogP contribution is 2.34. The molecule has 1 aliphatic heterocycles. The standard InChI is InChI=1S/C23H34N6O/c1-7-27(6)16-18-14-19(29-12-10-20(22(29)30)23(3,4)25)8-9-21(18)28(13-11-26-5)17(2)15-24/h7-9,11,13-14,17,20,26H,1,10,12,16,25H2,2-6H3/b13-11-. The number of amides is 1. The van der Waals surface area contributed by atoms with Gasteiger partial charge < -0.3 is 25.8 Å². The van der Waals surface area contributed by atoms with E-state index in [4.69, 9.17) is 5.73 Å². The first-order valence-corrected chi connectivity index (χ1v) is 10.2. The van der Waals surface area contributed by atoms with Crippen molar-refractivity contribution in [1.29, 1.82) is 5.26 Å². The van der Waals surface area contributed by atoms with Gasteiger partial charge in [0.2, 0.25) is 5.91 Å². The van der Waals surface area contributed by atoms with Gasteiger partial charge in [0.25, 0.3) is 0 Å². The van der Waals surface area contributed by atoms with Crippen LogP contribution in [0, 0.1) is 17.2 Å². The van der Waals surface area contributed by atoms with Crippen LogP contribution >= 0.6 is 0 Å². The minimum absolute atomic E-state index is 0.0654. The number of hydrogen-bond acceptors (Lipinski definition) is 6. The molecule has 0 spiro atoms. The van der Waals surface area contributed by atoms with Crippen LogP contribution in [0.15, 0.2) is 43.4 Å². The number of rotatable bonds is 9. The summed E-state index contributed by atoms with van der Waals surface area (Å²) in [7, 11) is 3.76. The molecule has 1 aromatic carbocycles. The summed E-state index contributed by atoms with van der Waals surface area (Å²) in [6.45, 7) is 10.8. The Labute approximate surface area is 180 Å². The molecule has 0 aliphatic carbocycles. The van der Waals surface area contributed by atoms with Gasteiger partial charge in [-0.3, -0.25) is 4.79 Å². The Bertz CT molecular complexity index is 835. The third-order valence-electron chi connectivity index (χ3n) is 5.49. The third-order valence-corrected chi connectivity index (χ3v) is 5.49. The molecule has 2 atom stereocenters. The van der Waals surface area contributed by atoms with E-state index in [2.05, 4.69) is 18.0 Å². The molecule has 1 fully saturated rings. The molecule has 7 heteroatoms. The van der Waals surface area contributed by atoms with Crippen LogP contribution in [0.4, 0.5) is 11.4 Å². The van der Waals surface area contributed by atoms with Crippen LogP contribution in [-0.2, 0) is 11.3 Å². The van der Waals surface area contributed by atoms with Crippen molar-refractivity contribution in [2.45, 2.75) is 45.3 Å². The van der Waals surface area contributed by atoms with Crippen molar-refractivity contribution in [2.75, 3.05) is 30.4 Å². The second-order valence-electron chi connectivity index (χ2n) is 8.38. The van der Waals surface area contributed by atoms with Gasteiger partial charge in [0.15, 0.2) is 0 Å². The second kappa shape index (κ2) is 9.68. The number of nitrogens with zero attached hydrogens (tertiary/aromatic N) is 4. The molecule has 1 aromatic rings. The van der Waals surface area contributed by atoms with Crippen molar-refractivity contribution in [3.8, 4) is 6.07 Å². The van der Waals surface area contributed by atoms with E-state index >= 15 is 0 Å². The van der Waals surface area contributed by atoms with Gasteiger partial charge in [0, 0.05) is 56.5 Å². The minimum Gasteiger partial charge on any atom is -0.393 e. The molecule has 1 heterocycles. The molecule has 1 saturated heterocycles. The molecular weight excluding hydrogens is 376 g/mol. The molecule has 0 radical (unpaired) electrons. The van der Waals surface area contributed by atoms with Gasteiger partial charge >= 0.3 is 0 Å². The van der Waals surface area contributed by atoms with Crippen molar-refractivity contribution in [1.82, 2.24) is 10.2 Å². The normalized spacial score (nSPS) is 17.7. The molecule has 1 aliphatic rings. The highest BCUT2D eigenvalue weighted by Gasteiger charge is 2.40. The predicted octanol–water partition coefficient (Wildman–Crippen LogP) is 2.76. The number of anilines is 2. The van der Waals surface area contributed by atoms with Crippen LogP contribution in [0.3, 0.4) is 0 Å². The molecule has 2 unspecified atom stereocenters. The second-order valence-corrected chi connectivity index (χ2v) is 8.38. The van der Waals surface area contributed by atoms with Gasteiger partial charge in [-0.25, -0.2) is 0 Å². The van der Waals surface area contributed by atoms with Crippen molar-refractivity contribution in [3.63, 3.8) is 0 Å². The van der Waals surface area contributed by atoms with E-state index in [9.17, 15) is 10.1 Å². The first-order chi connectivity index (χ1) is 14.1. The Kier molecular flexibility index (Phi) is 7.52. The topological polar surface area (TPSA) is 88.6 Å². The van der Waals surface area contributed by atoms with Crippen molar-refractivity contribution >= 4 is 17.3 Å². The Morgan fingerprint density at radius 2 is 2.20 bits per heavy atom. The lowest BCUT2D eigenvalue weighted by Gasteiger charge is -2.29. The van der Waals surface area contributed by atoms with Gasteiger partial charge in [-0.05, 0) is 57.2 Å². The lowest BCUT2D eigenvalue weighted by atomic mass is 9.87. The van der Waals surface area contributed by atoms with E-state index in [1.54, 1.807) is 12.4 Å². The molecule has 3 N–H and O–H groups in total. The maximum Gasteiger partial charge on any atom is 0.231 e. The van der Waals surface area contributed by atoms with Crippen LogP contribution in [0.2, 0.25) is 0 Å². The predicted molar refractivity (Wildman–Crippen MR) is 123 cm³/mol. The molecule has 0 bridgehead atoms. The molecule has 7 nitrogen and oxygen atoms in total. The first-order valence-electron chi connectivity index (χ1n) is 10.2. The molecule has 30 heavy (non-hydrogen) atoms. The van der Waals surface area contributed by atoms with Gasteiger partial charge in [-0.2, -0.15) is 5.26 Å². The minimum atomic E-state index is -0.547. The molecule has 2 rings (SSSR count). The smallest absolute Gasteiger partial charge is 0.231 e. The molecule has 162 valence electrons. The molecule has 0 saturated carbocycles. The Morgan fingerprint density at radius 3 is 2.73 bits per heavy atom. The summed E-state index contributed by atoms with van der Waals surface area (Å²) in [5, 5.41) is 12.5. The number of hydrogen-bond donors (Lipinski definition) is 2. The average Bonchev–Trinajstić information content (AvgIpc) is 3.10. The number of nitrogens with two attached hydrogens (primary N) is 1. The van der Waals surface area contributed by atoms with Crippen LogP contribution in [0.1, 0.15) is 32.8 Å². The third kappa shape index (κ3) is 5.14. The number of carbonyl (C=O) groups excluding carboxylic acids is 1. The first kappa shape index (κ1) is 23.3. The van der Waals surface area contributed by atoms with E-state index in [1.165, 1.54) is 0 Å². The fraction of sp³-hybridized carbons (Fsp3) is 0.478. The Balaban J connectivity index is 2.48. The zero-order valence-corrected chi connectivity index (χ0v) is 18.7. The summed E-state index contributed by atoms with van der Waals surface area (Å²) in [5.74, 6) is -0.124. The monoisotopic (exact) mass is 410 g/mol. The molecule has 0 aromatic heterocycles. The number of nitrogens with one attached hydrogen (secondary N) is 1. The lowest BCUT2D eigenvalue weighted by molar-refractivity contribution is -0.121. The highest BCUT2D eigenvalue weighted by molar-refractivity contribution is 5.98. The molecular formula is C23H34N6O. The van der Waals surface area contributed by atoms with E-state index in [0.29, 0.717) is 13.1 Å². The van der Waals surface area contributed by atoms with E-state index in [1.807, 2.05) is 74.0 Å². The summed E-state index contributed by atoms with van der Waals surface area (Å²) in [4.78, 5) is 18.7. The summed E-state index contributed by atoms with van der Waals surface area (Å²) in [5.41, 5.74) is 8.45. The fourth-order valence-corrected chi connectivity index (χ4v) is 3.71. The average molecular weight is 411 g/mol. The maximum absolute atomic E-state index is 13.0. The number of nitriles is 1. The molecule has 1 amide bonds. The van der Waals surface area contributed by atoms with E-state index < -0.39 is 5.54 Å². The van der Waals surface area contributed by atoms with E-state index in [0.717, 1.165) is 23.4 Å². The van der Waals surface area contributed by atoms with Crippen molar-refractivity contribution < 1.29 is 4.79 Å². The van der Waals surface area contributed by atoms with Crippen molar-refractivity contribution in [2.24, 2.45) is 11.7 Å². The zero-order valence-electron chi connectivity index (χ0n) is 18.7. The van der Waals surface area contributed by atoms with Crippen LogP contribution < -0.4 is 20.9 Å². The summed E-state index contributed by atoms with van der Waals surface area (Å²) < 4.78 is 0. The van der Waals surface area contributed by atoms with Crippen LogP contribution in [0.5, 0.6) is 0 Å². The van der Waals surface area contributed by atoms with Gasteiger partial charge in [0.1, 0.15) is 6.04 Å². The Hall–Kier alpha value is -2.98. The number of carbonyl (C=O) groups is 1. The number of benzene rings is 1. The van der Waals surface area contributed by atoms with Gasteiger partial charge in [-0.1, -0.05) is 6.58 Å². The summed E-state index contributed by atoms with van der Waals surface area (Å²) in [6, 6.07) is 7.90. The van der Waals surface area contributed by atoms with Crippen LogP contribution in [-0.4, -0.2) is 43.0 Å². The van der Waals surface area contributed by atoms with Gasteiger partial charge in [-0.15, -0.1) is 0 Å². The maximum atomic E-state index is 13.0. The SMILES string of the molecule is C=CN(C)Cc1cc(N2CCC(C(C)(C)N)C2=O)ccc1N(/C=C\NC)C(C)C#N. The highest BCUT2D eigenvalue weighted by atomic mass is 16.2. The van der Waals surface area contributed by atoms with Gasteiger partial charge in [0.05, 0.1) is 12.0 Å². The summed E-state index contributed by atoms with van der Waals surface area (Å²) >= 11 is 0. The van der Waals surface area contributed by atoms with E-state index in [-0.39, 0.29) is 17.9 Å².